The van der Waals surface area contributed by atoms with E-state index >= 15 is 0 Å². The molecule has 7 heteroatoms. The zero-order valence-electron chi connectivity index (χ0n) is 13.0. The first kappa shape index (κ1) is 16.9. The van der Waals surface area contributed by atoms with E-state index in [0.29, 0.717) is 23.1 Å². The predicted molar refractivity (Wildman–Crippen MR) is 93.6 cm³/mol. The topological polar surface area (TPSA) is 80.5 Å². The van der Waals surface area contributed by atoms with E-state index in [1.165, 1.54) is 17.0 Å². The predicted octanol–water partition coefficient (Wildman–Crippen LogP) is 3.95. The van der Waals surface area contributed by atoms with Gasteiger partial charge in [0.05, 0.1) is 21.1 Å². The molecule has 0 aromatic heterocycles. The van der Waals surface area contributed by atoms with Crippen LogP contribution in [0, 0.1) is 10.1 Å². The zero-order valence-corrected chi connectivity index (χ0v) is 13.8. The standard InChI is InChI=1S/C18H13ClN2O4/c19-16-11-13(21(24)25)9-8-12(16)5-3-4-10-20-17(22)14-6-1-2-7-15(14)18(20)23/h1-3,5-9,11H,4,10H2/b5-3+. The maximum absolute atomic E-state index is 12.2. The van der Waals surface area contributed by atoms with Gasteiger partial charge in [-0.25, -0.2) is 0 Å². The Morgan fingerprint density at radius 3 is 2.28 bits per heavy atom. The molecule has 2 amide bonds. The van der Waals surface area contributed by atoms with Crippen molar-refractivity contribution in [3.63, 3.8) is 0 Å². The van der Waals surface area contributed by atoms with Gasteiger partial charge in [0.15, 0.2) is 0 Å². The molecule has 25 heavy (non-hydrogen) atoms. The van der Waals surface area contributed by atoms with Crippen molar-refractivity contribution < 1.29 is 14.5 Å². The summed E-state index contributed by atoms with van der Waals surface area (Å²) in [6.07, 6.45) is 3.94. The van der Waals surface area contributed by atoms with Gasteiger partial charge in [0, 0.05) is 18.7 Å². The summed E-state index contributed by atoms with van der Waals surface area (Å²) in [6, 6.07) is 10.9. The fraction of sp³-hybridized carbons (Fsp3) is 0.111. The van der Waals surface area contributed by atoms with E-state index in [-0.39, 0.29) is 29.1 Å². The number of hydrogen-bond donors (Lipinski definition) is 0. The smallest absolute Gasteiger partial charge is 0.270 e. The molecular weight excluding hydrogens is 344 g/mol. The van der Waals surface area contributed by atoms with Gasteiger partial charge in [0.1, 0.15) is 0 Å². The summed E-state index contributed by atoms with van der Waals surface area (Å²) in [5, 5.41) is 11.0. The van der Waals surface area contributed by atoms with Crippen LogP contribution in [0.25, 0.3) is 6.08 Å². The summed E-state index contributed by atoms with van der Waals surface area (Å²) in [6.45, 7) is 0.257. The average Bonchev–Trinajstić information content (AvgIpc) is 2.84. The summed E-state index contributed by atoms with van der Waals surface area (Å²) < 4.78 is 0. The van der Waals surface area contributed by atoms with Crippen LogP contribution in [0.3, 0.4) is 0 Å². The molecule has 126 valence electrons. The Morgan fingerprint density at radius 2 is 1.72 bits per heavy atom. The fourth-order valence-electron chi connectivity index (χ4n) is 2.62. The van der Waals surface area contributed by atoms with Gasteiger partial charge in [-0.2, -0.15) is 0 Å². The molecule has 1 aliphatic rings. The van der Waals surface area contributed by atoms with Crippen LogP contribution < -0.4 is 0 Å². The molecule has 1 aliphatic heterocycles. The van der Waals surface area contributed by atoms with Crippen molar-refractivity contribution in [2.75, 3.05) is 6.54 Å². The Morgan fingerprint density at radius 1 is 1.08 bits per heavy atom. The highest BCUT2D eigenvalue weighted by Gasteiger charge is 2.34. The largest absolute Gasteiger partial charge is 0.274 e. The van der Waals surface area contributed by atoms with Crippen LogP contribution in [0.4, 0.5) is 5.69 Å². The fourth-order valence-corrected chi connectivity index (χ4v) is 2.86. The molecule has 0 saturated carbocycles. The molecule has 0 unspecified atom stereocenters. The Bertz CT molecular complexity index is 873. The van der Waals surface area contributed by atoms with Crippen molar-refractivity contribution in [1.82, 2.24) is 4.90 Å². The Labute approximate surface area is 148 Å². The number of nitro benzene ring substituents is 1. The summed E-state index contributed by atoms with van der Waals surface area (Å²) in [5.74, 6) is -0.579. The van der Waals surface area contributed by atoms with Gasteiger partial charge in [-0.05, 0) is 30.2 Å². The minimum atomic E-state index is -0.512. The summed E-state index contributed by atoms with van der Waals surface area (Å²) >= 11 is 6.01. The number of nitro groups is 1. The lowest BCUT2D eigenvalue weighted by Gasteiger charge is -2.11. The second kappa shape index (κ2) is 6.86. The molecular formula is C18H13ClN2O4. The molecule has 0 N–H and O–H groups in total. The molecule has 0 atom stereocenters. The number of carbonyl (C=O) groups excluding carboxylic acids is 2. The highest BCUT2D eigenvalue weighted by atomic mass is 35.5. The van der Waals surface area contributed by atoms with Crippen molar-refractivity contribution in [3.8, 4) is 0 Å². The van der Waals surface area contributed by atoms with E-state index in [1.807, 2.05) is 0 Å². The number of nitrogens with zero attached hydrogens (tertiary/aromatic N) is 2. The third-order valence-corrected chi connectivity index (χ3v) is 4.22. The van der Waals surface area contributed by atoms with Crippen LogP contribution in [0.15, 0.2) is 48.5 Å². The van der Waals surface area contributed by atoms with E-state index < -0.39 is 4.92 Å². The molecule has 2 aromatic carbocycles. The zero-order chi connectivity index (χ0) is 18.0. The Kier molecular flexibility index (Phi) is 4.63. The highest BCUT2D eigenvalue weighted by molar-refractivity contribution is 6.32. The molecule has 0 radical (unpaired) electrons. The van der Waals surface area contributed by atoms with Crippen molar-refractivity contribution in [3.05, 3.63) is 80.4 Å². The normalized spacial score (nSPS) is 13.6. The lowest BCUT2D eigenvalue weighted by atomic mass is 10.1. The first-order chi connectivity index (χ1) is 12.0. The second-order valence-corrected chi connectivity index (χ2v) is 5.87. The number of hydrogen-bond acceptors (Lipinski definition) is 4. The first-order valence-corrected chi connectivity index (χ1v) is 7.92. The SMILES string of the molecule is O=C1c2ccccc2C(=O)N1CC/C=C/c1ccc([N+](=O)[O-])cc1Cl. The molecule has 2 aromatic rings. The lowest BCUT2D eigenvalue weighted by Crippen LogP contribution is -2.30. The maximum Gasteiger partial charge on any atom is 0.270 e. The molecule has 0 fully saturated rings. The second-order valence-electron chi connectivity index (χ2n) is 5.46. The quantitative estimate of drug-likeness (QED) is 0.461. The van der Waals surface area contributed by atoms with E-state index in [0.717, 1.165) is 0 Å². The lowest BCUT2D eigenvalue weighted by molar-refractivity contribution is -0.384. The Hall–Kier alpha value is -2.99. The number of rotatable bonds is 5. The third kappa shape index (κ3) is 3.29. The number of carbonyl (C=O) groups is 2. The molecule has 0 aliphatic carbocycles. The molecule has 0 spiro atoms. The number of fused-ring (bicyclic) bond motifs is 1. The van der Waals surface area contributed by atoms with Gasteiger partial charge in [0.25, 0.3) is 17.5 Å². The van der Waals surface area contributed by atoms with Crippen LogP contribution in [-0.2, 0) is 0 Å². The molecule has 3 rings (SSSR count). The van der Waals surface area contributed by atoms with Crippen molar-refractivity contribution >= 4 is 35.2 Å². The highest BCUT2D eigenvalue weighted by Crippen LogP contribution is 2.24. The van der Waals surface area contributed by atoms with E-state index in [1.54, 1.807) is 42.5 Å². The minimum Gasteiger partial charge on any atom is -0.274 e. The third-order valence-electron chi connectivity index (χ3n) is 3.89. The first-order valence-electron chi connectivity index (χ1n) is 7.55. The number of amides is 2. The molecule has 0 bridgehead atoms. The number of non-ortho nitro benzene ring substituents is 1. The summed E-state index contributed by atoms with van der Waals surface area (Å²) in [7, 11) is 0. The van der Waals surface area contributed by atoms with Gasteiger partial charge >= 0.3 is 0 Å². The average molecular weight is 357 g/mol. The van der Waals surface area contributed by atoms with Gasteiger partial charge in [0.2, 0.25) is 0 Å². The minimum absolute atomic E-state index is 0.0758. The van der Waals surface area contributed by atoms with Crippen LogP contribution in [-0.4, -0.2) is 28.2 Å². The van der Waals surface area contributed by atoms with Gasteiger partial charge in [-0.15, -0.1) is 0 Å². The maximum atomic E-state index is 12.2. The van der Waals surface area contributed by atoms with Crippen LogP contribution >= 0.6 is 11.6 Å². The number of imide groups is 1. The van der Waals surface area contributed by atoms with Crippen LogP contribution in [0.5, 0.6) is 0 Å². The van der Waals surface area contributed by atoms with Crippen LogP contribution in [0.1, 0.15) is 32.7 Å². The van der Waals surface area contributed by atoms with Gasteiger partial charge in [-0.3, -0.25) is 24.6 Å². The van der Waals surface area contributed by atoms with Gasteiger partial charge < -0.3 is 0 Å². The molecule has 1 heterocycles. The number of benzene rings is 2. The number of halogens is 1. The van der Waals surface area contributed by atoms with Crippen molar-refractivity contribution in [2.45, 2.75) is 6.42 Å². The molecule has 0 saturated heterocycles. The van der Waals surface area contributed by atoms with Gasteiger partial charge in [-0.1, -0.05) is 35.9 Å². The van der Waals surface area contributed by atoms with E-state index in [4.69, 9.17) is 11.6 Å². The van der Waals surface area contributed by atoms with Crippen LogP contribution in [0.2, 0.25) is 5.02 Å². The summed E-state index contributed by atoms with van der Waals surface area (Å²) in [4.78, 5) is 35.8. The Balaban J connectivity index is 1.64. The summed E-state index contributed by atoms with van der Waals surface area (Å²) in [5.41, 5.74) is 1.41. The monoisotopic (exact) mass is 356 g/mol. The van der Waals surface area contributed by atoms with E-state index in [9.17, 15) is 19.7 Å². The van der Waals surface area contributed by atoms with E-state index in [2.05, 4.69) is 0 Å². The van der Waals surface area contributed by atoms with Crippen molar-refractivity contribution in [2.24, 2.45) is 0 Å². The van der Waals surface area contributed by atoms with Crippen molar-refractivity contribution in [1.29, 1.82) is 0 Å². The molecule has 6 nitrogen and oxygen atoms in total.